The minimum atomic E-state index is -0.409. The first-order valence-corrected chi connectivity index (χ1v) is 10.6. The molecule has 0 atom stereocenters. The van der Waals surface area contributed by atoms with E-state index in [-0.39, 0.29) is 11.1 Å². The number of nitrogens with zero attached hydrogens (tertiary/aromatic N) is 1. The molecule has 0 bridgehead atoms. The predicted octanol–water partition coefficient (Wildman–Crippen LogP) is 4.65. The Morgan fingerprint density at radius 2 is 1.83 bits per heavy atom. The zero-order valence-corrected chi connectivity index (χ0v) is 18.3. The van der Waals surface area contributed by atoms with E-state index in [1.807, 2.05) is 26.0 Å². The molecule has 0 aromatic heterocycles. The number of rotatable bonds is 6. The summed E-state index contributed by atoms with van der Waals surface area (Å²) in [7, 11) is 0. The Balaban J connectivity index is 1.87. The van der Waals surface area contributed by atoms with Crippen LogP contribution < -0.4 is 14.8 Å². The standard InChI is InChI=1S/C21H19BrN2O4S/c1-3-27-16-12-17(28-4-2)15(22)10-14(16)11-18-20(26)24-21(29-18)23-19(25)13-8-6-5-7-9-13/h5-12H,3-4H2,1-2H3,(H,23,24,25,26)/b18-11-. The molecule has 8 heteroatoms. The molecule has 3 rings (SSSR count). The average molecular weight is 475 g/mol. The summed E-state index contributed by atoms with van der Waals surface area (Å²) in [6.07, 6.45) is 1.71. The molecule has 1 fully saturated rings. The second-order valence-corrected chi connectivity index (χ2v) is 7.72. The number of benzene rings is 2. The van der Waals surface area contributed by atoms with Crippen LogP contribution in [0.25, 0.3) is 6.08 Å². The van der Waals surface area contributed by atoms with Crippen molar-refractivity contribution in [1.82, 2.24) is 5.32 Å². The van der Waals surface area contributed by atoms with Crippen molar-refractivity contribution in [2.75, 3.05) is 13.2 Å². The smallest absolute Gasteiger partial charge is 0.279 e. The van der Waals surface area contributed by atoms with E-state index in [9.17, 15) is 9.59 Å². The average Bonchev–Trinajstić information content (AvgIpc) is 3.05. The first kappa shape index (κ1) is 21.1. The lowest BCUT2D eigenvalue weighted by atomic mass is 10.1. The summed E-state index contributed by atoms with van der Waals surface area (Å²) in [5.74, 6) is 0.540. The van der Waals surface area contributed by atoms with Gasteiger partial charge in [0.1, 0.15) is 11.5 Å². The van der Waals surface area contributed by atoms with Crippen molar-refractivity contribution in [3.63, 3.8) is 0 Å². The van der Waals surface area contributed by atoms with Crippen LogP contribution in [0.15, 0.2) is 56.8 Å². The molecule has 0 aliphatic carbocycles. The first-order chi connectivity index (χ1) is 14.0. The van der Waals surface area contributed by atoms with Crippen molar-refractivity contribution < 1.29 is 19.1 Å². The largest absolute Gasteiger partial charge is 0.493 e. The highest BCUT2D eigenvalue weighted by Gasteiger charge is 2.25. The number of hydrogen-bond donors (Lipinski definition) is 1. The van der Waals surface area contributed by atoms with Crippen LogP contribution in [0.2, 0.25) is 0 Å². The normalized spacial score (nSPS) is 16.2. The number of hydrogen-bond acceptors (Lipinski definition) is 5. The predicted molar refractivity (Wildman–Crippen MR) is 118 cm³/mol. The van der Waals surface area contributed by atoms with Crippen molar-refractivity contribution in [1.29, 1.82) is 0 Å². The van der Waals surface area contributed by atoms with Gasteiger partial charge in [-0.1, -0.05) is 18.2 Å². The molecular weight excluding hydrogens is 456 g/mol. The molecule has 2 amide bonds. The number of ether oxygens (including phenoxy) is 2. The summed E-state index contributed by atoms with van der Waals surface area (Å²) in [6.45, 7) is 4.79. The maximum absolute atomic E-state index is 12.4. The van der Waals surface area contributed by atoms with Gasteiger partial charge in [0.05, 0.1) is 22.6 Å². The van der Waals surface area contributed by atoms with Gasteiger partial charge in [-0.3, -0.25) is 9.59 Å². The van der Waals surface area contributed by atoms with Crippen LogP contribution in [0.1, 0.15) is 29.8 Å². The zero-order valence-electron chi connectivity index (χ0n) is 15.9. The van der Waals surface area contributed by atoms with E-state index in [1.54, 1.807) is 36.4 Å². The fourth-order valence-corrected chi connectivity index (χ4v) is 3.85. The Morgan fingerprint density at radius 3 is 2.52 bits per heavy atom. The third-order valence-electron chi connectivity index (χ3n) is 3.83. The van der Waals surface area contributed by atoms with E-state index in [0.29, 0.717) is 35.2 Å². The Hall–Kier alpha value is -2.58. The van der Waals surface area contributed by atoms with Gasteiger partial charge < -0.3 is 14.8 Å². The Morgan fingerprint density at radius 1 is 1.14 bits per heavy atom. The van der Waals surface area contributed by atoms with Crippen LogP contribution in [-0.2, 0) is 4.79 Å². The summed E-state index contributed by atoms with van der Waals surface area (Å²) in [5, 5.41) is 2.88. The fourth-order valence-electron chi connectivity index (χ4n) is 2.57. The van der Waals surface area contributed by atoms with E-state index in [1.165, 1.54) is 0 Å². The Labute approximate surface area is 181 Å². The minimum absolute atomic E-state index is 0.248. The Kier molecular flexibility index (Phi) is 7.11. The van der Waals surface area contributed by atoms with Gasteiger partial charge in [0.2, 0.25) is 0 Å². The summed E-state index contributed by atoms with van der Waals surface area (Å²) < 4.78 is 12.0. The summed E-state index contributed by atoms with van der Waals surface area (Å²) >= 11 is 4.59. The second-order valence-electron chi connectivity index (χ2n) is 5.84. The lowest BCUT2D eigenvalue weighted by molar-refractivity contribution is -0.115. The van der Waals surface area contributed by atoms with E-state index in [0.717, 1.165) is 21.8 Å². The highest BCUT2D eigenvalue weighted by atomic mass is 79.9. The van der Waals surface area contributed by atoms with Crippen LogP contribution in [0.4, 0.5) is 0 Å². The zero-order chi connectivity index (χ0) is 20.8. The number of carbonyl (C=O) groups is 2. The molecule has 1 N–H and O–H groups in total. The van der Waals surface area contributed by atoms with Gasteiger partial charge in [-0.05, 0) is 65.8 Å². The first-order valence-electron chi connectivity index (χ1n) is 9.00. The Bertz CT molecular complexity index is 990. The summed E-state index contributed by atoms with van der Waals surface area (Å²) in [5.41, 5.74) is 1.18. The van der Waals surface area contributed by atoms with Crippen molar-refractivity contribution >= 4 is 50.7 Å². The summed E-state index contributed by atoms with van der Waals surface area (Å²) in [4.78, 5) is 29.0. The number of halogens is 1. The maximum Gasteiger partial charge on any atom is 0.279 e. The molecule has 150 valence electrons. The third kappa shape index (κ3) is 5.27. The third-order valence-corrected chi connectivity index (χ3v) is 5.35. The van der Waals surface area contributed by atoms with E-state index < -0.39 is 5.91 Å². The van der Waals surface area contributed by atoms with Gasteiger partial charge in [-0.2, -0.15) is 4.99 Å². The molecule has 1 aliphatic heterocycles. The molecule has 1 aliphatic rings. The molecule has 0 radical (unpaired) electrons. The SMILES string of the molecule is CCOc1cc(OCC)c(/C=C2\SC(=NC(=O)c3ccccc3)NC2=O)cc1Br. The molecular formula is C21H19BrN2O4S. The molecule has 1 heterocycles. The number of nitrogens with one attached hydrogen (secondary N) is 1. The molecule has 0 unspecified atom stereocenters. The molecule has 2 aromatic rings. The van der Waals surface area contributed by atoms with Gasteiger partial charge >= 0.3 is 0 Å². The highest BCUT2D eigenvalue weighted by molar-refractivity contribution is 9.10. The minimum Gasteiger partial charge on any atom is -0.493 e. The van der Waals surface area contributed by atoms with E-state index >= 15 is 0 Å². The number of thioether (sulfide) groups is 1. The van der Waals surface area contributed by atoms with Crippen LogP contribution in [-0.4, -0.2) is 30.2 Å². The van der Waals surface area contributed by atoms with E-state index in [4.69, 9.17) is 9.47 Å². The molecule has 2 aromatic carbocycles. The number of carbonyl (C=O) groups excluding carboxylic acids is 2. The highest BCUT2D eigenvalue weighted by Crippen LogP contribution is 2.36. The number of amidine groups is 1. The maximum atomic E-state index is 12.4. The van der Waals surface area contributed by atoms with Crippen molar-refractivity contribution in [3.8, 4) is 11.5 Å². The van der Waals surface area contributed by atoms with Gasteiger partial charge in [0.25, 0.3) is 11.8 Å². The van der Waals surface area contributed by atoms with Gasteiger partial charge in [0, 0.05) is 17.2 Å². The van der Waals surface area contributed by atoms with Gasteiger partial charge in [-0.15, -0.1) is 0 Å². The van der Waals surface area contributed by atoms with Crippen LogP contribution >= 0.6 is 27.7 Å². The number of amides is 2. The van der Waals surface area contributed by atoms with Crippen LogP contribution in [0.5, 0.6) is 11.5 Å². The lowest BCUT2D eigenvalue weighted by Gasteiger charge is -2.12. The quantitative estimate of drug-likeness (QED) is 0.616. The lowest BCUT2D eigenvalue weighted by Crippen LogP contribution is -2.20. The fraction of sp³-hybridized carbons (Fsp3) is 0.190. The number of aliphatic imine (C=N–C) groups is 1. The molecule has 0 saturated carbocycles. The van der Waals surface area contributed by atoms with Crippen molar-refractivity contribution in [2.24, 2.45) is 4.99 Å². The van der Waals surface area contributed by atoms with Crippen LogP contribution in [0.3, 0.4) is 0 Å². The van der Waals surface area contributed by atoms with Crippen LogP contribution in [0, 0.1) is 0 Å². The topological polar surface area (TPSA) is 77.0 Å². The summed E-state index contributed by atoms with van der Waals surface area (Å²) in [6, 6.07) is 12.3. The van der Waals surface area contributed by atoms with E-state index in [2.05, 4.69) is 26.2 Å². The van der Waals surface area contributed by atoms with Crippen molar-refractivity contribution in [2.45, 2.75) is 13.8 Å². The second kappa shape index (κ2) is 9.76. The van der Waals surface area contributed by atoms with Crippen molar-refractivity contribution in [3.05, 3.63) is 63.0 Å². The molecule has 0 spiro atoms. The van der Waals surface area contributed by atoms with Gasteiger partial charge in [-0.25, -0.2) is 0 Å². The van der Waals surface area contributed by atoms with Gasteiger partial charge in [0.15, 0.2) is 5.17 Å². The monoisotopic (exact) mass is 474 g/mol. The molecule has 1 saturated heterocycles. The molecule has 29 heavy (non-hydrogen) atoms. The molecule has 6 nitrogen and oxygen atoms in total.